The Hall–Kier alpha value is -3.22. The summed E-state index contributed by atoms with van der Waals surface area (Å²) >= 11 is 1.59. The molecule has 6 heteroatoms. The molecule has 3 aromatic carbocycles. The Balaban J connectivity index is 1.11. The van der Waals surface area contributed by atoms with Gasteiger partial charge >= 0.3 is 0 Å². The highest BCUT2D eigenvalue weighted by Gasteiger charge is 2.20. The molecule has 1 aliphatic heterocycles. The predicted molar refractivity (Wildman–Crippen MR) is 142 cm³/mol. The summed E-state index contributed by atoms with van der Waals surface area (Å²) in [6, 6.07) is 22.5. The third kappa shape index (κ3) is 4.98. The Morgan fingerprint density at radius 2 is 1.71 bits per heavy atom. The quantitative estimate of drug-likeness (QED) is 0.403. The van der Waals surface area contributed by atoms with Crippen molar-refractivity contribution in [1.82, 2.24) is 9.27 Å². The molecule has 1 aliphatic rings. The molecule has 1 amide bonds. The molecule has 1 aromatic heterocycles. The number of hydrogen-bond donors (Lipinski definition) is 1. The van der Waals surface area contributed by atoms with E-state index in [9.17, 15) is 4.79 Å². The third-order valence-corrected chi connectivity index (χ3v) is 7.54. The Morgan fingerprint density at radius 3 is 2.47 bits per heavy atom. The number of aromatic nitrogens is 1. The number of rotatable bonds is 6. The number of hydrogen-bond acceptors (Lipinski definition) is 5. The van der Waals surface area contributed by atoms with Crippen molar-refractivity contribution in [2.75, 3.05) is 42.9 Å². The van der Waals surface area contributed by atoms with Crippen LogP contribution >= 0.6 is 11.5 Å². The van der Waals surface area contributed by atoms with Crippen LogP contribution in [0.4, 0.5) is 11.5 Å². The highest BCUT2D eigenvalue weighted by atomic mass is 32.1. The topological polar surface area (TPSA) is 48.5 Å². The van der Waals surface area contributed by atoms with E-state index in [1.165, 1.54) is 21.2 Å². The van der Waals surface area contributed by atoms with Gasteiger partial charge in [0.15, 0.2) is 0 Å². The van der Waals surface area contributed by atoms with E-state index in [4.69, 9.17) is 4.37 Å². The average Bonchev–Trinajstić information content (AvgIpc) is 3.30. The Bertz CT molecular complexity index is 1290. The van der Waals surface area contributed by atoms with Crippen molar-refractivity contribution in [3.05, 3.63) is 89.0 Å². The molecule has 0 radical (unpaired) electrons. The van der Waals surface area contributed by atoms with Gasteiger partial charge in [-0.25, -0.2) is 0 Å². The van der Waals surface area contributed by atoms with Gasteiger partial charge in [0, 0.05) is 49.4 Å². The van der Waals surface area contributed by atoms with Crippen molar-refractivity contribution in [3.63, 3.8) is 0 Å². The second-order valence-electron chi connectivity index (χ2n) is 9.03. The number of benzene rings is 3. The minimum absolute atomic E-state index is 0.0680. The molecule has 0 atom stereocenters. The minimum Gasteiger partial charge on any atom is -0.353 e. The van der Waals surface area contributed by atoms with Gasteiger partial charge in [-0.05, 0) is 84.9 Å². The average molecular weight is 471 g/mol. The lowest BCUT2D eigenvalue weighted by atomic mass is 10.1. The molecular weight excluding hydrogens is 440 g/mol. The largest absolute Gasteiger partial charge is 0.353 e. The molecule has 1 saturated heterocycles. The van der Waals surface area contributed by atoms with Crippen LogP contribution in [-0.4, -0.2) is 47.9 Å². The van der Waals surface area contributed by atoms with E-state index in [2.05, 4.69) is 58.4 Å². The molecule has 174 valence electrons. The Labute approximate surface area is 205 Å². The van der Waals surface area contributed by atoms with Crippen LogP contribution in [0.5, 0.6) is 0 Å². The standard InChI is InChI=1S/C28H30N4OS/c1-20-7-10-23(19-21(20)2)28(33)29-24-11-8-22(9-12-24)13-14-31-15-17-32(18-16-31)27-25-5-3-4-6-26(25)34-30-27/h3-12,19H,13-18H2,1-2H3,(H,29,33). The molecule has 34 heavy (non-hydrogen) atoms. The summed E-state index contributed by atoms with van der Waals surface area (Å²) in [4.78, 5) is 17.5. The van der Waals surface area contributed by atoms with Crippen molar-refractivity contribution in [2.24, 2.45) is 0 Å². The van der Waals surface area contributed by atoms with E-state index < -0.39 is 0 Å². The lowest BCUT2D eigenvalue weighted by Crippen LogP contribution is -2.47. The molecule has 5 rings (SSSR count). The minimum atomic E-state index is -0.0680. The van der Waals surface area contributed by atoms with Crippen LogP contribution in [0.15, 0.2) is 66.7 Å². The normalized spacial score (nSPS) is 14.5. The summed E-state index contributed by atoms with van der Waals surface area (Å²) in [5.41, 5.74) is 5.13. The van der Waals surface area contributed by atoms with Crippen LogP contribution in [0.25, 0.3) is 10.1 Å². The van der Waals surface area contributed by atoms with Gasteiger partial charge in [-0.3, -0.25) is 9.69 Å². The van der Waals surface area contributed by atoms with Crippen molar-refractivity contribution in [3.8, 4) is 0 Å². The van der Waals surface area contributed by atoms with Crippen LogP contribution in [0.2, 0.25) is 0 Å². The molecule has 5 nitrogen and oxygen atoms in total. The summed E-state index contributed by atoms with van der Waals surface area (Å²) < 4.78 is 5.97. The first-order valence-corrected chi connectivity index (χ1v) is 12.6. The lowest BCUT2D eigenvalue weighted by Gasteiger charge is -2.35. The van der Waals surface area contributed by atoms with Crippen LogP contribution in [-0.2, 0) is 6.42 Å². The Kier molecular flexibility index (Phi) is 6.61. The van der Waals surface area contributed by atoms with E-state index in [0.717, 1.165) is 56.2 Å². The van der Waals surface area contributed by atoms with Gasteiger partial charge in [0.2, 0.25) is 0 Å². The number of nitrogens with zero attached hydrogens (tertiary/aromatic N) is 3. The molecule has 0 aliphatic carbocycles. The predicted octanol–water partition coefficient (Wildman–Crippen LogP) is 5.53. The van der Waals surface area contributed by atoms with Crippen molar-refractivity contribution in [1.29, 1.82) is 0 Å². The first-order chi connectivity index (χ1) is 16.6. The molecule has 2 heterocycles. The van der Waals surface area contributed by atoms with Gasteiger partial charge in [0.25, 0.3) is 5.91 Å². The summed E-state index contributed by atoms with van der Waals surface area (Å²) in [6.07, 6.45) is 1.00. The number of fused-ring (bicyclic) bond motifs is 1. The monoisotopic (exact) mass is 470 g/mol. The molecule has 1 fully saturated rings. The highest BCUT2D eigenvalue weighted by Crippen LogP contribution is 2.29. The van der Waals surface area contributed by atoms with Gasteiger partial charge in [-0.15, -0.1) is 0 Å². The maximum Gasteiger partial charge on any atom is 0.255 e. The first-order valence-electron chi connectivity index (χ1n) is 11.9. The van der Waals surface area contributed by atoms with Gasteiger partial charge in [-0.1, -0.05) is 30.3 Å². The van der Waals surface area contributed by atoms with Crippen molar-refractivity contribution in [2.45, 2.75) is 20.3 Å². The van der Waals surface area contributed by atoms with Crippen LogP contribution in [0.1, 0.15) is 27.0 Å². The zero-order valence-electron chi connectivity index (χ0n) is 19.8. The third-order valence-electron chi connectivity index (χ3n) is 6.73. The van der Waals surface area contributed by atoms with E-state index in [-0.39, 0.29) is 5.91 Å². The number of aryl methyl sites for hydroxylation is 2. The van der Waals surface area contributed by atoms with Gasteiger partial charge in [0.05, 0.1) is 4.70 Å². The maximum atomic E-state index is 12.6. The second-order valence-corrected chi connectivity index (χ2v) is 9.84. The van der Waals surface area contributed by atoms with E-state index in [1.54, 1.807) is 11.5 Å². The van der Waals surface area contributed by atoms with Crippen LogP contribution in [0, 0.1) is 13.8 Å². The number of nitrogens with one attached hydrogen (secondary N) is 1. The smallest absolute Gasteiger partial charge is 0.255 e. The van der Waals surface area contributed by atoms with Crippen molar-refractivity contribution >= 4 is 39.0 Å². The molecule has 0 unspecified atom stereocenters. The SMILES string of the molecule is Cc1ccc(C(=O)Nc2ccc(CCN3CCN(c4nsc5ccccc45)CC3)cc2)cc1C. The lowest BCUT2D eigenvalue weighted by molar-refractivity contribution is 0.102. The summed E-state index contributed by atoms with van der Waals surface area (Å²) in [5.74, 6) is 1.07. The molecule has 1 N–H and O–H groups in total. The van der Waals surface area contributed by atoms with E-state index in [0.29, 0.717) is 5.56 Å². The van der Waals surface area contributed by atoms with Crippen molar-refractivity contribution < 1.29 is 4.79 Å². The van der Waals surface area contributed by atoms with Crippen LogP contribution in [0.3, 0.4) is 0 Å². The number of piperazine rings is 1. The van der Waals surface area contributed by atoms with Gasteiger partial charge in [0.1, 0.15) is 5.82 Å². The zero-order valence-corrected chi connectivity index (χ0v) is 20.6. The molecular formula is C28H30N4OS. The maximum absolute atomic E-state index is 12.6. The second kappa shape index (κ2) is 9.95. The number of carbonyl (C=O) groups excluding carboxylic acids is 1. The molecule has 0 spiro atoms. The Morgan fingerprint density at radius 1 is 0.941 bits per heavy atom. The van der Waals surface area contributed by atoms with E-state index in [1.807, 2.05) is 37.3 Å². The highest BCUT2D eigenvalue weighted by molar-refractivity contribution is 7.13. The first kappa shape index (κ1) is 22.6. The van der Waals surface area contributed by atoms with Gasteiger partial charge < -0.3 is 10.2 Å². The number of carbonyl (C=O) groups is 1. The molecule has 0 saturated carbocycles. The van der Waals surface area contributed by atoms with Gasteiger partial charge in [-0.2, -0.15) is 4.37 Å². The molecule has 4 aromatic rings. The summed E-state index contributed by atoms with van der Waals surface area (Å²) in [6.45, 7) is 9.25. The fourth-order valence-electron chi connectivity index (χ4n) is 4.41. The number of anilines is 2. The molecule has 0 bridgehead atoms. The fourth-order valence-corrected chi connectivity index (χ4v) is 5.21. The van der Waals surface area contributed by atoms with Crippen LogP contribution < -0.4 is 10.2 Å². The summed E-state index contributed by atoms with van der Waals surface area (Å²) in [7, 11) is 0. The summed E-state index contributed by atoms with van der Waals surface area (Å²) in [5, 5.41) is 4.28. The zero-order chi connectivity index (χ0) is 23.5. The fraction of sp³-hybridized carbons (Fsp3) is 0.286. The van der Waals surface area contributed by atoms with E-state index >= 15 is 0 Å². The number of amides is 1.